The minimum absolute atomic E-state index is 0.263. The topological polar surface area (TPSA) is 84.3 Å². The van der Waals surface area contributed by atoms with E-state index in [0.29, 0.717) is 19.3 Å². The van der Waals surface area contributed by atoms with E-state index in [1.54, 1.807) is 17.9 Å². The van der Waals surface area contributed by atoms with Crippen LogP contribution in [0.15, 0.2) is 12.3 Å². The lowest BCUT2D eigenvalue weighted by Gasteiger charge is -2.30. The molecule has 1 saturated heterocycles. The summed E-state index contributed by atoms with van der Waals surface area (Å²) in [6.07, 6.45) is 3.26. The van der Waals surface area contributed by atoms with Crippen molar-refractivity contribution in [1.29, 1.82) is 0 Å². The van der Waals surface area contributed by atoms with Crippen molar-refractivity contribution in [2.75, 3.05) is 6.54 Å². The van der Waals surface area contributed by atoms with E-state index in [4.69, 9.17) is 0 Å². The van der Waals surface area contributed by atoms with Gasteiger partial charge in [0, 0.05) is 31.9 Å². The Kier molecular flexibility index (Phi) is 2.44. The van der Waals surface area contributed by atoms with E-state index in [1.165, 1.54) is 0 Å². The highest BCUT2D eigenvalue weighted by atomic mass is 16.2. The summed E-state index contributed by atoms with van der Waals surface area (Å²) in [4.78, 5) is 36.7. The van der Waals surface area contributed by atoms with Crippen molar-refractivity contribution in [3.05, 3.63) is 18.0 Å². The van der Waals surface area contributed by atoms with Gasteiger partial charge in [-0.15, -0.1) is 0 Å². The second-order valence-electron chi connectivity index (χ2n) is 4.99. The first kappa shape index (κ1) is 11.9. The molecular formula is C12H14N4O3. The van der Waals surface area contributed by atoms with Crippen LogP contribution in [0.2, 0.25) is 0 Å². The molecule has 1 saturated carbocycles. The maximum atomic E-state index is 12.2. The second kappa shape index (κ2) is 3.91. The number of hydrogen-bond acceptors (Lipinski definition) is 4. The summed E-state index contributed by atoms with van der Waals surface area (Å²) in [6.45, 7) is 0.263. The van der Waals surface area contributed by atoms with E-state index >= 15 is 0 Å². The highest BCUT2D eigenvalue weighted by Gasteiger charge is 2.62. The van der Waals surface area contributed by atoms with Gasteiger partial charge < -0.3 is 0 Å². The lowest BCUT2D eigenvalue weighted by Crippen LogP contribution is -2.59. The zero-order chi connectivity index (χ0) is 13.6. The molecule has 1 N–H and O–H groups in total. The van der Waals surface area contributed by atoms with Crippen LogP contribution in [0.25, 0.3) is 0 Å². The summed E-state index contributed by atoms with van der Waals surface area (Å²) in [5.74, 6) is -0.803. The van der Waals surface area contributed by atoms with Crippen LogP contribution in [0.4, 0.5) is 4.79 Å². The van der Waals surface area contributed by atoms with E-state index in [-0.39, 0.29) is 12.5 Å². The van der Waals surface area contributed by atoms with E-state index in [9.17, 15) is 14.4 Å². The van der Waals surface area contributed by atoms with Gasteiger partial charge in [0.1, 0.15) is 5.41 Å². The Morgan fingerprint density at radius 2 is 2.11 bits per heavy atom. The smallest absolute Gasteiger partial charge is 0.277 e. The number of hydrogen-bond donors (Lipinski definition) is 1. The molecule has 2 fully saturated rings. The number of carbonyl (C=O) groups is 3. The van der Waals surface area contributed by atoms with Gasteiger partial charge >= 0.3 is 6.03 Å². The quantitative estimate of drug-likeness (QED) is 0.766. The molecule has 7 heteroatoms. The minimum Gasteiger partial charge on any atom is -0.277 e. The Labute approximate surface area is 109 Å². The Hall–Kier alpha value is -2.18. The zero-order valence-electron chi connectivity index (χ0n) is 10.5. The molecule has 1 aliphatic carbocycles. The number of rotatable bonds is 3. The van der Waals surface area contributed by atoms with Crippen molar-refractivity contribution in [2.24, 2.45) is 12.5 Å². The second-order valence-corrected chi connectivity index (χ2v) is 4.99. The van der Waals surface area contributed by atoms with Gasteiger partial charge in [0.25, 0.3) is 0 Å². The average Bonchev–Trinajstić information content (AvgIpc) is 3.07. The van der Waals surface area contributed by atoms with E-state index in [0.717, 1.165) is 10.6 Å². The Bertz CT molecular complexity index is 573. The molecule has 7 nitrogen and oxygen atoms in total. The van der Waals surface area contributed by atoms with Crippen LogP contribution in [0.5, 0.6) is 0 Å². The van der Waals surface area contributed by atoms with Crippen LogP contribution in [-0.4, -0.2) is 39.1 Å². The Morgan fingerprint density at radius 3 is 2.68 bits per heavy atom. The fraction of sp³-hybridized carbons (Fsp3) is 0.500. The largest absolute Gasteiger partial charge is 0.330 e. The van der Waals surface area contributed by atoms with Crippen LogP contribution in [0.1, 0.15) is 18.5 Å². The fourth-order valence-corrected chi connectivity index (χ4v) is 2.37. The molecule has 3 rings (SSSR count). The first-order valence-corrected chi connectivity index (χ1v) is 6.19. The number of aryl methyl sites for hydroxylation is 1. The molecule has 2 heterocycles. The number of barbiturate groups is 1. The molecule has 1 spiro atoms. The summed E-state index contributed by atoms with van der Waals surface area (Å²) in [5, 5.41) is 6.29. The van der Waals surface area contributed by atoms with Crippen LogP contribution in [-0.2, 0) is 23.1 Å². The number of nitrogens with one attached hydrogen (secondary N) is 1. The molecule has 19 heavy (non-hydrogen) atoms. The van der Waals surface area contributed by atoms with Gasteiger partial charge in [-0.3, -0.25) is 24.5 Å². The average molecular weight is 262 g/mol. The number of amides is 4. The van der Waals surface area contributed by atoms with Crippen molar-refractivity contribution >= 4 is 17.8 Å². The van der Waals surface area contributed by atoms with Gasteiger partial charge in [-0.1, -0.05) is 0 Å². The van der Waals surface area contributed by atoms with Crippen molar-refractivity contribution in [3.63, 3.8) is 0 Å². The van der Waals surface area contributed by atoms with Crippen molar-refractivity contribution in [3.8, 4) is 0 Å². The van der Waals surface area contributed by atoms with Crippen molar-refractivity contribution in [2.45, 2.75) is 19.3 Å². The summed E-state index contributed by atoms with van der Waals surface area (Å²) >= 11 is 0. The number of aromatic nitrogens is 2. The lowest BCUT2D eigenvalue weighted by molar-refractivity contribution is -0.144. The van der Waals surface area contributed by atoms with Crippen LogP contribution >= 0.6 is 0 Å². The predicted octanol–water partition coefficient (Wildman–Crippen LogP) is -0.179. The molecule has 0 bridgehead atoms. The molecule has 100 valence electrons. The van der Waals surface area contributed by atoms with Gasteiger partial charge in [-0.25, -0.2) is 4.79 Å². The van der Waals surface area contributed by atoms with Gasteiger partial charge in [0.15, 0.2) is 0 Å². The minimum atomic E-state index is -0.958. The molecule has 4 amide bonds. The molecular weight excluding hydrogens is 248 g/mol. The molecule has 0 radical (unpaired) electrons. The highest BCUT2D eigenvalue weighted by molar-refractivity contribution is 6.20. The van der Waals surface area contributed by atoms with E-state index in [1.807, 2.05) is 6.07 Å². The van der Waals surface area contributed by atoms with Crippen LogP contribution < -0.4 is 5.32 Å². The summed E-state index contributed by atoms with van der Waals surface area (Å²) in [5.41, 5.74) is -0.0252. The number of nitrogens with zero attached hydrogens (tertiary/aromatic N) is 3. The molecule has 0 atom stereocenters. The first-order chi connectivity index (χ1) is 9.04. The molecule has 1 aromatic heterocycles. The maximum Gasteiger partial charge on any atom is 0.330 e. The highest BCUT2D eigenvalue weighted by Crippen LogP contribution is 2.48. The van der Waals surface area contributed by atoms with Gasteiger partial charge in [-0.2, -0.15) is 5.10 Å². The third kappa shape index (κ3) is 1.73. The molecule has 0 aromatic carbocycles. The normalized spacial score (nSPS) is 20.9. The van der Waals surface area contributed by atoms with Crippen molar-refractivity contribution < 1.29 is 14.4 Å². The Morgan fingerprint density at radius 1 is 1.37 bits per heavy atom. The molecule has 2 aliphatic rings. The number of carbonyl (C=O) groups excluding carboxylic acids is 3. The number of urea groups is 1. The number of imide groups is 2. The van der Waals surface area contributed by atoms with Gasteiger partial charge in [0.05, 0.1) is 0 Å². The SMILES string of the molecule is Cn1nccc1CCN1C(=O)NC(=O)C2(CC2)C1=O. The van der Waals surface area contributed by atoms with E-state index in [2.05, 4.69) is 10.4 Å². The van der Waals surface area contributed by atoms with Crippen molar-refractivity contribution in [1.82, 2.24) is 20.0 Å². The molecule has 1 aromatic rings. The van der Waals surface area contributed by atoms with Crippen LogP contribution in [0.3, 0.4) is 0 Å². The fourth-order valence-electron chi connectivity index (χ4n) is 2.37. The van der Waals surface area contributed by atoms with Gasteiger partial charge in [0.2, 0.25) is 11.8 Å². The predicted molar refractivity (Wildman–Crippen MR) is 63.8 cm³/mol. The van der Waals surface area contributed by atoms with E-state index < -0.39 is 17.4 Å². The summed E-state index contributed by atoms with van der Waals surface area (Å²) < 4.78 is 1.70. The lowest BCUT2D eigenvalue weighted by atomic mass is 10.0. The Balaban J connectivity index is 1.73. The molecule has 0 unspecified atom stereocenters. The standard InChI is InChI=1S/C12H14N4O3/c1-15-8(2-6-13-15)3-7-16-10(18)12(4-5-12)9(17)14-11(16)19/h2,6H,3-5,7H2,1H3,(H,14,17,19). The van der Waals surface area contributed by atoms with Gasteiger partial charge in [-0.05, 0) is 18.9 Å². The monoisotopic (exact) mass is 262 g/mol. The summed E-state index contributed by atoms with van der Waals surface area (Å²) in [7, 11) is 1.80. The molecule has 1 aliphatic heterocycles. The maximum absolute atomic E-state index is 12.2. The van der Waals surface area contributed by atoms with Crippen LogP contribution in [0, 0.1) is 5.41 Å². The first-order valence-electron chi connectivity index (χ1n) is 6.19. The third-order valence-corrected chi connectivity index (χ3v) is 3.82. The zero-order valence-corrected chi connectivity index (χ0v) is 10.5. The third-order valence-electron chi connectivity index (χ3n) is 3.82. The summed E-state index contributed by atoms with van der Waals surface area (Å²) in [6, 6.07) is 1.22.